The minimum absolute atomic E-state index is 0.0827. The molecule has 5 rings (SSSR count). The fourth-order valence-corrected chi connectivity index (χ4v) is 4.95. The number of amides is 1. The molecule has 0 aliphatic carbocycles. The molecule has 1 fully saturated rings. The van der Waals surface area contributed by atoms with Crippen LogP contribution < -0.4 is 4.74 Å². The number of nitrogens with zero attached hydrogens (tertiary/aromatic N) is 3. The second-order valence-corrected chi connectivity index (χ2v) is 10.3. The number of carbonyl (C=O) groups excluding carboxylic acids is 2. The monoisotopic (exact) mass is 533 g/mol. The molecule has 2 heterocycles. The lowest BCUT2D eigenvalue weighted by Crippen LogP contribution is -2.47. The summed E-state index contributed by atoms with van der Waals surface area (Å²) in [6.07, 6.45) is 5.17. The molecule has 1 saturated heterocycles. The van der Waals surface area contributed by atoms with E-state index in [1.54, 1.807) is 6.20 Å². The van der Waals surface area contributed by atoms with Crippen LogP contribution in [0.4, 0.5) is 0 Å². The molecule has 0 atom stereocenters. The molecule has 204 valence electrons. The molecule has 1 aliphatic heterocycles. The highest BCUT2D eigenvalue weighted by Crippen LogP contribution is 2.27. The SMILES string of the molecule is CN1CCN(C(=O)c2cccc(-c3ccccc3COc3ccc(CC(=O)CCc4cccnc4)cc3)c2)CC1. The molecular weight excluding hydrogens is 498 g/mol. The number of Topliss-reactive ketones (excluding diaryl/α,β-unsaturated/α-hetero) is 1. The number of hydrogen-bond acceptors (Lipinski definition) is 5. The van der Waals surface area contributed by atoms with Crippen molar-refractivity contribution in [2.75, 3.05) is 33.2 Å². The summed E-state index contributed by atoms with van der Waals surface area (Å²) < 4.78 is 6.13. The number of hydrogen-bond donors (Lipinski definition) is 0. The standard InChI is InChI=1S/C34H35N3O3/c1-36-18-20-37(21-19-36)34(39)29-9-4-8-28(23-29)33-10-3-2-7-30(33)25-40-32-15-12-26(13-16-32)22-31(38)14-11-27-6-5-17-35-24-27/h2-10,12-13,15-17,23-24H,11,14,18-22,25H2,1H3. The van der Waals surface area contributed by atoms with E-state index in [0.717, 1.165) is 59.7 Å². The van der Waals surface area contributed by atoms with E-state index in [1.165, 1.54) is 0 Å². The smallest absolute Gasteiger partial charge is 0.253 e. The minimum Gasteiger partial charge on any atom is -0.489 e. The molecule has 4 aromatic rings. The molecule has 1 aliphatic rings. The third-order valence-electron chi connectivity index (χ3n) is 7.36. The predicted molar refractivity (Wildman–Crippen MR) is 157 cm³/mol. The van der Waals surface area contributed by atoms with E-state index in [9.17, 15) is 9.59 Å². The number of piperazine rings is 1. The quantitative estimate of drug-likeness (QED) is 0.271. The van der Waals surface area contributed by atoms with Crippen LogP contribution in [0.5, 0.6) is 5.75 Å². The molecule has 0 spiro atoms. The van der Waals surface area contributed by atoms with E-state index < -0.39 is 0 Å². The molecular formula is C34H35N3O3. The number of likely N-dealkylation sites (N-methyl/N-ethyl adjacent to an activating group) is 1. The summed E-state index contributed by atoms with van der Waals surface area (Å²) in [7, 11) is 2.09. The van der Waals surface area contributed by atoms with Gasteiger partial charge in [0.25, 0.3) is 5.91 Å². The van der Waals surface area contributed by atoms with Crippen molar-refractivity contribution >= 4 is 11.7 Å². The average Bonchev–Trinajstić information content (AvgIpc) is 3.00. The fourth-order valence-electron chi connectivity index (χ4n) is 4.95. The number of pyridine rings is 1. The zero-order valence-corrected chi connectivity index (χ0v) is 23.0. The summed E-state index contributed by atoms with van der Waals surface area (Å²) in [4.78, 5) is 33.9. The molecule has 0 saturated carbocycles. The van der Waals surface area contributed by atoms with Gasteiger partial charge in [0.15, 0.2) is 0 Å². The third-order valence-corrected chi connectivity index (χ3v) is 7.36. The largest absolute Gasteiger partial charge is 0.489 e. The summed E-state index contributed by atoms with van der Waals surface area (Å²) in [5.41, 5.74) is 5.86. The van der Waals surface area contributed by atoms with E-state index in [-0.39, 0.29) is 11.7 Å². The highest BCUT2D eigenvalue weighted by atomic mass is 16.5. The van der Waals surface area contributed by atoms with Gasteiger partial charge in [-0.1, -0.05) is 54.6 Å². The Balaban J connectivity index is 1.19. The second kappa shape index (κ2) is 13.2. The molecule has 40 heavy (non-hydrogen) atoms. The van der Waals surface area contributed by atoms with E-state index in [1.807, 2.05) is 83.9 Å². The molecule has 1 aromatic heterocycles. The summed E-state index contributed by atoms with van der Waals surface area (Å²) in [6.45, 7) is 3.70. The molecule has 0 unspecified atom stereocenters. The summed E-state index contributed by atoms with van der Waals surface area (Å²) >= 11 is 0. The minimum atomic E-state index is 0.0827. The molecule has 0 bridgehead atoms. The molecule has 0 radical (unpaired) electrons. The lowest BCUT2D eigenvalue weighted by Gasteiger charge is -2.32. The first-order valence-electron chi connectivity index (χ1n) is 13.8. The molecule has 6 nitrogen and oxygen atoms in total. The maximum absolute atomic E-state index is 13.1. The van der Waals surface area contributed by atoms with Gasteiger partial charge in [0.05, 0.1) is 0 Å². The summed E-state index contributed by atoms with van der Waals surface area (Å²) in [5, 5.41) is 0. The molecule has 3 aromatic carbocycles. The van der Waals surface area contributed by atoms with Crippen LogP contribution >= 0.6 is 0 Å². The van der Waals surface area contributed by atoms with Gasteiger partial charge in [0.2, 0.25) is 0 Å². The number of ketones is 1. The van der Waals surface area contributed by atoms with Gasteiger partial charge in [-0.15, -0.1) is 0 Å². The van der Waals surface area contributed by atoms with Gasteiger partial charge in [0.1, 0.15) is 18.1 Å². The van der Waals surface area contributed by atoms with Crippen LogP contribution in [-0.4, -0.2) is 59.7 Å². The van der Waals surface area contributed by atoms with Crippen molar-refractivity contribution < 1.29 is 14.3 Å². The zero-order valence-electron chi connectivity index (χ0n) is 23.0. The number of carbonyl (C=O) groups is 2. The average molecular weight is 534 g/mol. The molecule has 0 N–H and O–H groups in total. The van der Waals surface area contributed by atoms with Crippen molar-refractivity contribution in [1.82, 2.24) is 14.8 Å². The topological polar surface area (TPSA) is 62.7 Å². The van der Waals surface area contributed by atoms with Gasteiger partial charge in [0, 0.05) is 57.0 Å². The Hall–Kier alpha value is -4.29. The molecule has 6 heteroatoms. The van der Waals surface area contributed by atoms with E-state index in [0.29, 0.717) is 31.4 Å². The Morgan fingerprint density at radius 1 is 0.850 bits per heavy atom. The lowest BCUT2D eigenvalue weighted by atomic mass is 9.98. The van der Waals surface area contributed by atoms with Crippen molar-refractivity contribution in [2.24, 2.45) is 0 Å². The normalized spacial score (nSPS) is 13.7. The van der Waals surface area contributed by atoms with Crippen molar-refractivity contribution in [1.29, 1.82) is 0 Å². The third kappa shape index (κ3) is 7.21. The number of aryl methyl sites for hydroxylation is 1. The zero-order chi connectivity index (χ0) is 27.7. The van der Waals surface area contributed by atoms with Gasteiger partial charge in [-0.05, 0) is 71.6 Å². The van der Waals surface area contributed by atoms with Gasteiger partial charge >= 0.3 is 0 Å². The number of rotatable bonds is 10. The summed E-state index contributed by atoms with van der Waals surface area (Å²) in [5.74, 6) is 1.04. The van der Waals surface area contributed by atoms with Crippen LogP contribution in [-0.2, 0) is 24.2 Å². The fraction of sp³-hybridized carbons (Fsp3) is 0.265. The second-order valence-electron chi connectivity index (χ2n) is 10.3. The highest BCUT2D eigenvalue weighted by molar-refractivity contribution is 5.95. The Labute approximate surface area is 236 Å². The van der Waals surface area contributed by atoms with Crippen LogP contribution in [0.15, 0.2) is 97.3 Å². The Bertz CT molecular complexity index is 1430. The maximum Gasteiger partial charge on any atom is 0.253 e. The van der Waals surface area contributed by atoms with Gasteiger partial charge < -0.3 is 14.5 Å². The van der Waals surface area contributed by atoms with Crippen molar-refractivity contribution in [3.8, 4) is 16.9 Å². The van der Waals surface area contributed by atoms with Crippen LogP contribution in [0.2, 0.25) is 0 Å². The highest BCUT2D eigenvalue weighted by Gasteiger charge is 2.21. The predicted octanol–water partition coefficient (Wildman–Crippen LogP) is 5.46. The van der Waals surface area contributed by atoms with Crippen LogP contribution in [0.1, 0.15) is 33.5 Å². The molecule has 1 amide bonds. The van der Waals surface area contributed by atoms with Crippen LogP contribution in [0.3, 0.4) is 0 Å². The number of benzene rings is 3. The summed E-state index contributed by atoms with van der Waals surface area (Å²) in [6, 6.07) is 27.6. The van der Waals surface area contributed by atoms with Gasteiger partial charge in [-0.25, -0.2) is 0 Å². The Morgan fingerprint density at radius 3 is 2.42 bits per heavy atom. The van der Waals surface area contributed by atoms with Crippen LogP contribution in [0.25, 0.3) is 11.1 Å². The van der Waals surface area contributed by atoms with Crippen molar-refractivity contribution in [3.63, 3.8) is 0 Å². The maximum atomic E-state index is 13.1. The first kappa shape index (κ1) is 27.3. The van der Waals surface area contributed by atoms with E-state index in [2.05, 4.69) is 29.1 Å². The van der Waals surface area contributed by atoms with Gasteiger partial charge in [-0.2, -0.15) is 0 Å². The Kier molecular flexibility index (Phi) is 8.99. The van der Waals surface area contributed by atoms with Crippen molar-refractivity contribution in [3.05, 3.63) is 120 Å². The first-order chi connectivity index (χ1) is 19.5. The first-order valence-corrected chi connectivity index (χ1v) is 13.8. The lowest BCUT2D eigenvalue weighted by molar-refractivity contribution is -0.118. The Morgan fingerprint density at radius 2 is 1.65 bits per heavy atom. The number of aromatic nitrogens is 1. The van der Waals surface area contributed by atoms with Crippen LogP contribution in [0, 0.1) is 0 Å². The van der Waals surface area contributed by atoms with Crippen molar-refractivity contribution in [2.45, 2.75) is 25.9 Å². The van der Waals surface area contributed by atoms with E-state index in [4.69, 9.17) is 4.74 Å². The van der Waals surface area contributed by atoms with Gasteiger partial charge in [-0.3, -0.25) is 14.6 Å². The van der Waals surface area contributed by atoms with E-state index >= 15 is 0 Å². The number of ether oxygens (including phenoxy) is 1.